The molecule has 7 heteroatoms. The van der Waals surface area contributed by atoms with E-state index in [4.69, 9.17) is 9.68 Å². The average Bonchev–Trinajstić information content (AvgIpc) is 3.04. The van der Waals surface area contributed by atoms with Gasteiger partial charge in [-0.2, -0.15) is 0 Å². The summed E-state index contributed by atoms with van der Waals surface area (Å²) in [7, 11) is 0. The Balaban J connectivity index is 0. The van der Waals surface area contributed by atoms with Gasteiger partial charge in [-0.1, -0.05) is 201 Å². The van der Waals surface area contributed by atoms with Gasteiger partial charge in [0.15, 0.2) is 0 Å². The number of carbonyl (C=O) groups excluding carboxylic acids is 2. The number of hydrogen-bond acceptors (Lipinski definition) is 6. The fraction of sp³-hybridized carbons (Fsp3) is 0.950. The Morgan fingerprint density at radius 1 is 0.447 bits per heavy atom. The van der Waals surface area contributed by atoms with Crippen LogP contribution in [0.25, 0.3) is 0 Å². The summed E-state index contributed by atoms with van der Waals surface area (Å²) in [6, 6.07) is 0. The van der Waals surface area contributed by atoms with Gasteiger partial charge in [0, 0.05) is 18.1 Å². The Morgan fingerprint density at radius 2 is 0.681 bits per heavy atom. The highest BCUT2D eigenvalue weighted by molar-refractivity contribution is 5.85. The van der Waals surface area contributed by atoms with Crippen molar-refractivity contribution in [2.45, 2.75) is 239 Å². The molecule has 0 radical (unpaired) electrons. The Kier molecular flexibility index (Phi) is 40.7. The third-order valence-corrected chi connectivity index (χ3v) is 9.21. The second-order valence-electron chi connectivity index (χ2n) is 13.9. The molecule has 1 N–H and O–H groups in total. The largest absolute Gasteiger partial charge is 0.392 e. The molecule has 282 valence electrons. The number of nitrogens with zero attached hydrogens (tertiary/aromatic N) is 1. The lowest BCUT2D eigenvalue weighted by molar-refractivity contribution is -0.331. The van der Waals surface area contributed by atoms with Crippen molar-refractivity contribution >= 4 is 24.3 Å². The first-order valence-corrected chi connectivity index (χ1v) is 20.4. The minimum atomic E-state index is -0.725. The summed E-state index contributed by atoms with van der Waals surface area (Å²) in [6.07, 6.45) is 38.7. The van der Waals surface area contributed by atoms with E-state index in [2.05, 4.69) is 13.8 Å². The quantitative estimate of drug-likeness (QED) is 0.0517. The van der Waals surface area contributed by atoms with Crippen LogP contribution in [0, 0.1) is 0 Å². The van der Waals surface area contributed by atoms with Crippen LogP contribution in [0.2, 0.25) is 0 Å². The zero-order valence-electron chi connectivity index (χ0n) is 31.6. The second-order valence-corrected chi connectivity index (χ2v) is 13.9. The topological polar surface area (TPSA) is 76.1 Å². The zero-order chi connectivity index (χ0) is 33.8. The normalized spacial score (nSPS) is 11.9. The van der Waals surface area contributed by atoms with Crippen molar-refractivity contribution < 1.29 is 24.4 Å². The molecular formula is C40H80ClNO5. The molecule has 0 aliphatic heterocycles. The van der Waals surface area contributed by atoms with Gasteiger partial charge in [-0.15, -0.1) is 12.4 Å². The van der Waals surface area contributed by atoms with E-state index in [-0.39, 0.29) is 19.0 Å². The highest BCUT2D eigenvalue weighted by Gasteiger charge is 2.20. The summed E-state index contributed by atoms with van der Waals surface area (Å²) in [5, 5.41) is 11.0. The monoisotopic (exact) mass is 690 g/mol. The van der Waals surface area contributed by atoms with Crippen molar-refractivity contribution in [1.29, 1.82) is 0 Å². The van der Waals surface area contributed by atoms with Crippen LogP contribution < -0.4 is 0 Å². The van der Waals surface area contributed by atoms with Crippen LogP contribution in [0.1, 0.15) is 233 Å². The van der Waals surface area contributed by atoms with Gasteiger partial charge in [-0.05, 0) is 19.3 Å². The van der Waals surface area contributed by atoms with Crippen LogP contribution in [0.5, 0.6) is 0 Å². The number of unbranched alkanes of at least 4 members (excludes halogenated alkanes) is 28. The molecule has 0 saturated carbocycles. The van der Waals surface area contributed by atoms with Gasteiger partial charge in [0.2, 0.25) is 0 Å². The number of aliphatic hydroxyl groups is 1. The minimum absolute atomic E-state index is 0. The molecule has 47 heavy (non-hydrogen) atoms. The van der Waals surface area contributed by atoms with Crippen molar-refractivity contribution in [2.24, 2.45) is 0 Å². The van der Waals surface area contributed by atoms with E-state index in [0.29, 0.717) is 19.3 Å². The van der Waals surface area contributed by atoms with E-state index in [1.165, 1.54) is 154 Å². The van der Waals surface area contributed by atoms with E-state index >= 15 is 0 Å². The fourth-order valence-corrected chi connectivity index (χ4v) is 5.99. The van der Waals surface area contributed by atoms with Crippen LogP contribution in [0.4, 0.5) is 0 Å². The van der Waals surface area contributed by atoms with Crippen LogP contribution in [0.3, 0.4) is 0 Å². The third kappa shape index (κ3) is 37.8. The molecule has 0 spiro atoms. The summed E-state index contributed by atoms with van der Waals surface area (Å²) in [4.78, 5) is 35.5. The molecule has 0 saturated heterocycles. The molecule has 1 atom stereocenters. The number of hydrogen-bond donors (Lipinski definition) is 1. The molecule has 0 heterocycles. The maximum Gasteiger partial charge on any atom is 0.329 e. The lowest BCUT2D eigenvalue weighted by Crippen LogP contribution is -2.36. The van der Waals surface area contributed by atoms with Gasteiger partial charge in [0.05, 0.1) is 6.10 Å². The number of carbonyl (C=O) groups is 2. The first kappa shape index (κ1) is 48.3. The number of aliphatic hydroxyl groups excluding tert-OH is 1. The van der Waals surface area contributed by atoms with E-state index in [9.17, 15) is 14.7 Å². The molecule has 0 bridgehead atoms. The summed E-state index contributed by atoms with van der Waals surface area (Å²) in [6.45, 7) is 6.36. The van der Waals surface area contributed by atoms with E-state index < -0.39 is 18.0 Å². The van der Waals surface area contributed by atoms with Gasteiger partial charge in [-0.3, -0.25) is 9.59 Å². The van der Waals surface area contributed by atoms with E-state index in [1.54, 1.807) is 0 Å². The van der Waals surface area contributed by atoms with Crippen LogP contribution in [-0.4, -0.2) is 34.9 Å². The summed E-state index contributed by atoms with van der Waals surface area (Å²) in [5.74, 6) is -0.810. The molecule has 0 amide bonds. The van der Waals surface area contributed by atoms with Crippen molar-refractivity contribution in [3.63, 3.8) is 0 Å². The molecule has 0 aromatic carbocycles. The molecule has 0 aliphatic rings. The second kappa shape index (κ2) is 39.6. The van der Waals surface area contributed by atoms with Crippen molar-refractivity contribution in [3.8, 4) is 0 Å². The highest BCUT2D eigenvalue weighted by Crippen LogP contribution is 2.16. The van der Waals surface area contributed by atoms with Crippen LogP contribution in [0.15, 0.2) is 0 Å². The molecule has 6 nitrogen and oxygen atoms in total. The molecule has 0 fully saturated rings. The molecular weight excluding hydrogens is 610 g/mol. The van der Waals surface area contributed by atoms with Crippen molar-refractivity contribution in [1.82, 2.24) is 5.23 Å². The van der Waals surface area contributed by atoms with Crippen molar-refractivity contribution in [2.75, 3.05) is 6.54 Å². The highest BCUT2D eigenvalue weighted by atomic mass is 35.5. The first-order chi connectivity index (χ1) is 22.5. The standard InChI is InChI=1S/C40H79NO5.ClH/c1-4-7-9-11-13-15-17-19-21-23-25-27-29-31-33-35-39(43)45-41(37-38(42)6-3)46-40(44)36-34-32-30-28-26-24-22-20-18-16-14-12-10-8-5-2;/h38,42H,4-37H2,1-3H3;1H. The lowest BCUT2D eigenvalue weighted by atomic mass is 10.0. The molecule has 0 aliphatic carbocycles. The molecule has 0 aromatic rings. The Hall–Kier alpha value is -0.850. The van der Waals surface area contributed by atoms with Gasteiger partial charge in [-0.25, -0.2) is 0 Å². The molecule has 0 rings (SSSR count). The molecule has 1 unspecified atom stereocenters. The smallest absolute Gasteiger partial charge is 0.329 e. The predicted octanol–water partition coefficient (Wildman–Crippen LogP) is 12.9. The Morgan fingerprint density at radius 3 is 0.915 bits per heavy atom. The average molecular weight is 691 g/mol. The SMILES string of the molecule is CCCCCCCCCCCCCCCCCC(=O)ON(CC(O)CC)OC(=O)CCCCCCCCCCCCCCCCC.Cl. The molecule has 0 aromatic heterocycles. The van der Waals surface area contributed by atoms with Gasteiger partial charge >= 0.3 is 11.9 Å². The van der Waals surface area contributed by atoms with Gasteiger partial charge < -0.3 is 14.8 Å². The maximum atomic E-state index is 12.4. The number of rotatable bonds is 37. The Bertz CT molecular complexity index is 602. The van der Waals surface area contributed by atoms with Crippen molar-refractivity contribution in [3.05, 3.63) is 0 Å². The third-order valence-electron chi connectivity index (χ3n) is 9.21. The van der Waals surface area contributed by atoms with Gasteiger partial charge in [0.1, 0.15) is 6.54 Å². The zero-order valence-corrected chi connectivity index (χ0v) is 32.4. The van der Waals surface area contributed by atoms with Crippen LogP contribution >= 0.6 is 12.4 Å². The number of hydroxylamine groups is 2. The number of halogens is 1. The van der Waals surface area contributed by atoms with E-state index in [1.807, 2.05) is 6.92 Å². The van der Waals surface area contributed by atoms with E-state index in [0.717, 1.165) is 43.8 Å². The lowest BCUT2D eigenvalue weighted by Gasteiger charge is -2.21. The Labute approximate surface area is 298 Å². The fourth-order valence-electron chi connectivity index (χ4n) is 5.99. The maximum absolute atomic E-state index is 12.4. The minimum Gasteiger partial charge on any atom is -0.392 e. The summed E-state index contributed by atoms with van der Waals surface area (Å²) >= 11 is 0. The van der Waals surface area contributed by atoms with Crippen LogP contribution in [-0.2, 0) is 19.3 Å². The summed E-state index contributed by atoms with van der Waals surface area (Å²) in [5.41, 5.74) is 0. The van der Waals surface area contributed by atoms with Gasteiger partial charge in [0.25, 0.3) is 0 Å². The summed E-state index contributed by atoms with van der Waals surface area (Å²) < 4.78 is 0. The predicted molar refractivity (Wildman–Crippen MR) is 202 cm³/mol. The first-order valence-electron chi connectivity index (χ1n) is 20.4.